The summed E-state index contributed by atoms with van der Waals surface area (Å²) in [6, 6.07) is 3.68. The minimum Gasteiger partial charge on any atom is -0.313 e. The summed E-state index contributed by atoms with van der Waals surface area (Å²) in [6.07, 6.45) is 9.57. The molecule has 146 valence electrons. The summed E-state index contributed by atoms with van der Waals surface area (Å²) >= 11 is 0. The van der Waals surface area contributed by atoms with Crippen molar-refractivity contribution in [1.29, 1.82) is 0 Å². The molecule has 0 aromatic carbocycles. The predicted octanol–water partition coefficient (Wildman–Crippen LogP) is 2.21. The van der Waals surface area contributed by atoms with Crippen LogP contribution < -0.4 is 5.32 Å². The highest BCUT2D eigenvalue weighted by Gasteiger charge is 2.41. The van der Waals surface area contributed by atoms with Crippen molar-refractivity contribution in [3.05, 3.63) is 30.1 Å². The number of hydrogen-bond donors (Lipinski definition) is 1. The zero-order chi connectivity index (χ0) is 17.3. The molecule has 0 radical (unpaired) electrons. The van der Waals surface area contributed by atoms with Gasteiger partial charge >= 0.3 is 0 Å². The predicted molar refractivity (Wildman–Crippen MR) is 104 cm³/mol. The van der Waals surface area contributed by atoms with Gasteiger partial charge in [0.25, 0.3) is 10.2 Å². The number of fused-ring (bicyclic) bond motifs is 1. The molecule has 2 aliphatic heterocycles. The van der Waals surface area contributed by atoms with E-state index in [9.17, 15) is 8.42 Å². The van der Waals surface area contributed by atoms with Gasteiger partial charge in [-0.3, -0.25) is 4.98 Å². The third-order valence-electron chi connectivity index (χ3n) is 6.14. The molecule has 2 saturated heterocycles. The van der Waals surface area contributed by atoms with Crippen molar-refractivity contribution in [2.45, 2.75) is 38.1 Å². The van der Waals surface area contributed by atoms with E-state index in [1.165, 1.54) is 25.7 Å². The number of piperazine rings is 1. The molecule has 1 saturated carbocycles. The van der Waals surface area contributed by atoms with E-state index in [1.807, 2.05) is 12.1 Å². The largest absolute Gasteiger partial charge is 0.313 e. The molecule has 1 aromatic rings. The summed E-state index contributed by atoms with van der Waals surface area (Å²) in [4.78, 5) is 4.18. The SMILES string of the molecule is Cl.O=S(=O)(N1CCC2CCCCC2C1)N1CCNCC1c1cccnc1. The molecule has 8 heteroatoms. The van der Waals surface area contributed by atoms with Gasteiger partial charge < -0.3 is 5.32 Å². The topological polar surface area (TPSA) is 65.5 Å². The number of hydrogen-bond acceptors (Lipinski definition) is 4. The van der Waals surface area contributed by atoms with Gasteiger partial charge in [0.2, 0.25) is 0 Å². The lowest BCUT2D eigenvalue weighted by molar-refractivity contribution is 0.127. The number of rotatable bonds is 3. The van der Waals surface area contributed by atoms with Gasteiger partial charge in [0, 0.05) is 45.1 Å². The van der Waals surface area contributed by atoms with Crippen LogP contribution in [0.3, 0.4) is 0 Å². The van der Waals surface area contributed by atoms with Crippen molar-refractivity contribution < 1.29 is 8.42 Å². The first-order valence-electron chi connectivity index (χ1n) is 9.54. The van der Waals surface area contributed by atoms with Crippen LogP contribution in [0.5, 0.6) is 0 Å². The first-order chi connectivity index (χ1) is 12.2. The van der Waals surface area contributed by atoms with Crippen molar-refractivity contribution in [1.82, 2.24) is 18.9 Å². The highest BCUT2D eigenvalue weighted by Crippen LogP contribution is 2.38. The van der Waals surface area contributed by atoms with E-state index in [-0.39, 0.29) is 18.4 Å². The summed E-state index contributed by atoms with van der Waals surface area (Å²) in [6.45, 7) is 3.25. The Morgan fingerprint density at radius 1 is 1.12 bits per heavy atom. The Kier molecular flexibility index (Phi) is 6.56. The van der Waals surface area contributed by atoms with E-state index < -0.39 is 10.2 Å². The third kappa shape index (κ3) is 3.92. The van der Waals surface area contributed by atoms with Crippen LogP contribution in [0.25, 0.3) is 0 Å². The summed E-state index contributed by atoms with van der Waals surface area (Å²) in [5.41, 5.74) is 0.964. The molecular weight excluding hydrogens is 372 g/mol. The Labute approximate surface area is 162 Å². The van der Waals surface area contributed by atoms with Gasteiger partial charge in [0.15, 0.2) is 0 Å². The maximum Gasteiger partial charge on any atom is 0.282 e. The molecule has 1 N–H and O–H groups in total. The van der Waals surface area contributed by atoms with Crippen LogP contribution in [0.1, 0.15) is 43.7 Å². The smallest absolute Gasteiger partial charge is 0.282 e. The average Bonchev–Trinajstić information content (AvgIpc) is 2.68. The molecule has 4 rings (SSSR count). The van der Waals surface area contributed by atoms with E-state index in [0.29, 0.717) is 38.6 Å². The Morgan fingerprint density at radius 3 is 2.69 bits per heavy atom. The van der Waals surface area contributed by atoms with Crippen LogP contribution in [0.15, 0.2) is 24.5 Å². The molecule has 3 fully saturated rings. The van der Waals surface area contributed by atoms with Crippen LogP contribution in [0.4, 0.5) is 0 Å². The zero-order valence-electron chi connectivity index (χ0n) is 15.1. The Bertz CT molecular complexity index is 688. The quantitative estimate of drug-likeness (QED) is 0.844. The van der Waals surface area contributed by atoms with Crippen molar-refractivity contribution in [3.8, 4) is 0 Å². The maximum absolute atomic E-state index is 13.4. The number of halogens is 1. The van der Waals surface area contributed by atoms with Crippen molar-refractivity contribution in [3.63, 3.8) is 0 Å². The summed E-state index contributed by atoms with van der Waals surface area (Å²) in [5.74, 6) is 1.29. The molecule has 6 nitrogen and oxygen atoms in total. The summed E-state index contributed by atoms with van der Waals surface area (Å²) in [7, 11) is -3.43. The van der Waals surface area contributed by atoms with Gasteiger partial charge in [-0.25, -0.2) is 0 Å². The molecule has 0 spiro atoms. The Hall–Kier alpha value is -0.730. The number of aromatic nitrogens is 1. The normalized spacial score (nSPS) is 31.0. The van der Waals surface area contributed by atoms with Crippen LogP contribution >= 0.6 is 12.4 Å². The van der Waals surface area contributed by atoms with Gasteiger partial charge in [-0.1, -0.05) is 25.3 Å². The van der Waals surface area contributed by atoms with E-state index in [0.717, 1.165) is 17.9 Å². The monoisotopic (exact) mass is 400 g/mol. The van der Waals surface area contributed by atoms with E-state index >= 15 is 0 Å². The fraction of sp³-hybridized carbons (Fsp3) is 0.722. The molecule has 26 heavy (non-hydrogen) atoms. The number of nitrogens with zero attached hydrogens (tertiary/aromatic N) is 3. The molecule has 0 bridgehead atoms. The Balaban J connectivity index is 0.00000196. The molecule has 3 unspecified atom stereocenters. The average molecular weight is 401 g/mol. The second kappa shape index (κ2) is 8.52. The second-order valence-corrected chi connectivity index (χ2v) is 9.46. The lowest BCUT2D eigenvalue weighted by Crippen LogP contribution is -2.56. The standard InChI is InChI=1S/C18H28N4O2S.ClH/c23-25(24,21-10-7-15-4-1-2-5-17(15)14-21)22-11-9-20-13-18(22)16-6-3-8-19-12-16;/h3,6,8,12,15,17-18,20H,1-2,4-5,7,9-11,13-14H2;1H. The Morgan fingerprint density at radius 2 is 1.92 bits per heavy atom. The lowest BCUT2D eigenvalue weighted by Gasteiger charge is -2.44. The van der Waals surface area contributed by atoms with E-state index in [4.69, 9.17) is 0 Å². The number of piperidine rings is 1. The van der Waals surface area contributed by atoms with Crippen LogP contribution in [0, 0.1) is 11.8 Å². The van der Waals surface area contributed by atoms with Crippen LogP contribution in [-0.4, -0.2) is 54.7 Å². The molecule has 0 amide bonds. The van der Waals surface area contributed by atoms with Crippen molar-refractivity contribution in [2.24, 2.45) is 11.8 Å². The van der Waals surface area contributed by atoms with Gasteiger partial charge in [-0.15, -0.1) is 12.4 Å². The van der Waals surface area contributed by atoms with Crippen LogP contribution in [0.2, 0.25) is 0 Å². The van der Waals surface area contributed by atoms with Gasteiger partial charge in [-0.2, -0.15) is 17.0 Å². The third-order valence-corrected chi connectivity index (χ3v) is 8.15. The molecule has 3 aliphatic rings. The first kappa shape index (κ1) is 20.0. The first-order valence-corrected chi connectivity index (χ1v) is 10.9. The zero-order valence-corrected chi connectivity index (χ0v) is 16.7. The summed E-state index contributed by atoms with van der Waals surface area (Å²) < 4.78 is 30.3. The number of pyridine rings is 1. The molecule has 3 atom stereocenters. The fourth-order valence-corrected chi connectivity index (χ4v) is 6.60. The highest BCUT2D eigenvalue weighted by atomic mass is 35.5. The fourth-order valence-electron chi connectivity index (χ4n) is 4.74. The van der Waals surface area contributed by atoms with E-state index in [2.05, 4.69) is 10.3 Å². The van der Waals surface area contributed by atoms with Gasteiger partial charge in [0.1, 0.15) is 0 Å². The highest BCUT2D eigenvalue weighted by molar-refractivity contribution is 7.86. The van der Waals surface area contributed by atoms with Crippen molar-refractivity contribution in [2.75, 3.05) is 32.7 Å². The molecule has 1 aliphatic carbocycles. The van der Waals surface area contributed by atoms with Gasteiger partial charge in [-0.05, 0) is 36.3 Å². The van der Waals surface area contributed by atoms with Crippen molar-refractivity contribution >= 4 is 22.6 Å². The van der Waals surface area contributed by atoms with Crippen LogP contribution in [-0.2, 0) is 10.2 Å². The maximum atomic E-state index is 13.4. The second-order valence-electron chi connectivity index (χ2n) is 7.58. The molecule has 3 heterocycles. The lowest BCUT2D eigenvalue weighted by atomic mass is 9.76. The number of nitrogens with one attached hydrogen (secondary N) is 1. The summed E-state index contributed by atoms with van der Waals surface area (Å²) in [5, 5.41) is 3.33. The van der Waals surface area contributed by atoms with E-state index in [1.54, 1.807) is 21.0 Å². The molecular formula is C18H29ClN4O2S. The minimum absolute atomic E-state index is 0. The molecule has 1 aromatic heterocycles. The van der Waals surface area contributed by atoms with Gasteiger partial charge in [0.05, 0.1) is 6.04 Å². The minimum atomic E-state index is -3.43.